The molecule has 110 valence electrons. The van der Waals surface area contributed by atoms with Gasteiger partial charge in [-0.05, 0) is 60.9 Å². The molecule has 1 aromatic heterocycles. The summed E-state index contributed by atoms with van der Waals surface area (Å²) in [4.78, 5) is 5.91. The van der Waals surface area contributed by atoms with E-state index >= 15 is 0 Å². The van der Waals surface area contributed by atoms with Crippen molar-refractivity contribution in [1.29, 1.82) is 0 Å². The van der Waals surface area contributed by atoms with Crippen LogP contribution in [-0.2, 0) is 6.42 Å². The fraction of sp³-hybridized carbons (Fsp3) is 0.167. The highest BCUT2D eigenvalue weighted by Crippen LogP contribution is 2.40. The molecular formula is C18H15FN2S. The van der Waals surface area contributed by atoms with Crippen LogP contribution in [0.1, 0.15) is 11.1 Å². The van der Waals surface area contributed by atoms with E-state index in [9.17, 15) is 4.39 Å². The fourth-order valence-corrected chi connectivity index (χ4v) is 3.98. The highest BCUT2D eigenvalue weighted by atomic mass is 32.2. The van der Waals surface area contributed by atoms with E-state index in [1.807, 2.05) is 18.0 Å². The Bertz CT molecular complexity index is 859. The van der Waals surface area contributed by atoms with Crippen LogP contribution >= 0.6 is 11.8 Å². The van der Waals surface area contributed by atoms with Gasteiger partial charge < -0.3 is 5.32 Å². The van der Waals surface area contributed by atoms with Gasteiger partial charge in [0.1, 0.15) is 5.82 Å². The quantitative estimate of drug-likeness (QED) is 0.715. The van der Waals surface area contributed by atoms with Crippen LogP contribution in [0, 0.1) is 12.7 Å². The van der Waals surface area contributed by atoms with Crippen molar-refractivity contribution in [3.8, 4) is 0 Å². The van der Waals surface area contributed by atoms with Crippen LogP contribution in [0.3, 0.4) is 0 Å². The molecule has 2 aromatic carbocycles. The molecule has 4 heteroatoms. The maximum Gasteiger partial charge on any atom is 0.123 e. The highest BCUT2D eigenvalue weighted by molar-refractivity contribution is 7.99. The topological polar surface area (TPSA) is 24.9 Å². The van der Waals surface area contributed by atoms with Gasteiger partial charge in [-0.25, -0.2) is 4.39 Å². The van der Waals surface area contributed by atoms with Crippen LogP contribution in [0.2, 0.25) is 0 Å². The van der Waals surface area contributed by atoms with E-state index in [-0.39, 0.29) is 5.82 Å². The standard InChI is InChI=1S/C18H15FN2S/c1-11-10-20-15-6-7-16-14(8-9-22-16)17(15)18(11)21-13-4-2-12(19)3-5-13/h2-7,10H,8-9H2,1H3,(H,20,21). The van der Waals surface area contributed by atoms with Crippen molar-refractivity contribution in [2.75, 3.05) is 11.1 Å². The largest absolute Gasteiger partial charge is 0.355 e. The lowest BCUT2D eigenvalue weighted by Gasteiger charge is -2.15. The lowest BCUT2D eigenvalue weighted by atomic mass is 10.0. The highest BCUT2D eigenvalue weighted by Gasteiger charge is 2.18. The van der Waals surface area contributed by atoms with E-state index in [2.05, 4.69) is 29.4 Å². The van der Waals surface area contributed by atoms with Gasteiger partial charge in [-0.3, -0.25) is 4.98 Å². The van der Waals surface area contributed by atoms with Crippen LogP contribution in [0.4, 0.5) is 15.8 Å². The normalized spacial score (nSPS) is 13.4. The molecule has 1 aliphatic heterocycles. The zero-order valence-corrected chi connectivity index (χ0v) is 13.0. The summed E-state index contributed by atoms with van der Waals surface area (Å²) in [5.41, 5.74) is 5.46. The molecule has 0 spiro atoms. The number of nitrogens with one attached hydrogen (secondary N) is 1. The Morgan fingerprint density at radius 2 is 1.95 bits per heavy atom. The molecule has 22 heavy (non-hydrogen) atoms. The zero-order chi connectivity index (χ0) is 15.1. The third-order valence-electron chi connectivity index (χ3n) is 4.01. The molecule has 2 nitrogen and oxygen atoms in total. The van der Waals surface area contributed by atoms with Crippen molar-refractivity contribution in [3.05, 3.63) is 59.5 Å². The molecule has 3 aromatic rings. The molecule has 4 rings (SSSR count). The number of hydrogen-bond donors (Lipinski definition) is 1. The van der Waals surface area contributed by atoms with Gasteiger partial charge in [-0.2, -0.15) is 0 Å². The summed E-state index contributed by atoms with van der Waals surface area (Å²) in [5, 5.41) is 4.66. The Hall–Kier alpha value is -2.07. The number of fused-ring (bicyclic) bond motifs is 3. The third-order valence-corrected chi connectivity index (χ3v) is 5.11. The first kappa shape index (κ1) is 13.6. The Morgan fingerprint density at radius 1 is 1.14 bits per heavy atom. The average molecular weight is 310 g/mol. The predicted octanol–water partition coefficient (Wildman–Crippen LogP) is 5.07. The number of halogens is 1. The molecule has 1 aliphatic rings. The Balaban J connectivity index is 1.90. The minimum atomic E-state index is -0.223. The summed E-state index contributed by atoms with van der Waals surface area (Å²) in [5.74, 6) is 0.900. The van der Waals surface area contributed by atoms with E-state index in [1.54, 1.807) is 12.1 Å². The molecule has 0 bridgehead atoms. The predicted molar refractivity (Wildman–Crippen MR) is 90.6 cm³/mol. The second kappa shape index (κ2) is 5.29. The number of pyridine rings is 1. The molecule has 0 unspecified atom stereocenters. The monoisotopic (exact) mass is 310 g/mol. The molecule has 2 heterocycles. The first-order valence-electron chi connectivity index (χ1n) is 7.29. The zero-order valence-electron chi connectivity index (χ0n) is 12.2. The SMILES string of the molecule is Cc1cnc2ccc3c(c2c1Nc1ccc(F)cc1)CCS3. The molecule has 1 N–H and O–H groups in total. The molecular weight excluding hydrogens is 295 g/mol. The van der Waals surface area contributed by atoms with Crippen LogP contribution in [-0.4, -0.2) is 10.7 Å². The van der Waals surface area contributed by atoms with Gasteiger partial charge in [0.25, 0.3) is 0 Å². The number of rotatable bonds is 2. The van der Waals surface area contributed by atoms with Crippen LogP contribution < -0.4 is 5.32 Å². The summed E-state index contributed by atoms with van der Waals surface area (Å²) < 4.78 is 13.1. The number of benzene rings is 2. The Kier molecular flexibility index (Phi) is 3.26. The third kappa shape index (κ3) is 2.24. The van der Waals surface area contributed by atoms with Crippen molar-refractivity contribution in [1.82, 2.24) is 4.98 Å². The number of hydrogen-bond acceptors (Lipinski definition) is 3. The van der Waals surface area contributed by atoms with Gasteiger partial charge >= 0.3 is 0 Å². The number of aromatic nitrogens is 1. The van der Waals surface area contributed by atoms with Crippen molar-refractivity contribution in [2.45, 2.75) is 18.2 Å². The minimum absolute atomic E-state index is 0.223. The first-order valence-corrected chi connectivity index (χ1v) is 8.27. The van der Waals surface area contributed by atoms with Crippen LogP contribution in [0.25, 0.3) is 10.9 Å². The molecule has 0 saturated carbocycles. The van der Waals surface area contributed by atoms with E-state index in [0.717, 1.165) is 34.6 Å². The summed E-state index contributed by atoms with van der Waals surface area (Å²) >= 11 is 1.90. The second-order valence-electron chi connectivity index (χ2n) is 5.48. The Labute approximate surface area is 132 Å². The van der Waals surface area contributed by atoms with Crippen molar-refractivity contribution >= 4 is 34.0 Å². The van der Waals surface area contributed by atoms with Crippen LogP contribution in [0.5, 0.6) is 0 Å². The summed E-state index contributed by atoms with van der Waals surface area (Å²) in [6.07, 6.45) is 2.96. The van der Waals surface area contributed by atoms with E-state index in [0.29, 0.717) is 0 Å². The van der Waals surface area contributed by atoms with Crippen molar-refractivity contribution in [3.63, 3.8) is 0 Å². The number of anilines is 2. The number of thioether (sulfide) groups is 1. The molecule has 0 fully saturated rings. The maximum absolute atomic E-state index is 13.1. The van der Waals surface area contributed by atoms with E-state index < -0.39 is 0 Å². The van der Waals surface area contributed by atoms with Gasteiger partial charge in [0, 0.05) is 27.9 Å². The molecule has 0 aliphatic carbocycles. The second-order valence-corrected chi connectivity index (χ2v) is 6.62. The number of aryl methyl sites for hydroxylation is 2. The Morgan fingerprint density at radius 3 is 2.77 bits per heavy atom. The fourth-order valence-electron chi connectivity index (χ4n) is 2.92. The van der Waals surface area contributed by atoms with Gasteiger partial charge in [0.15, 0.2) is 0 Å². The van der Waals surface area contributed by atoms with Crippen molar-refractivity contribution in [2.24, 2.45) is 0 Å². The smallest absolute Gasteiger partial charge is 0.123 e. The van der Waals surface area contributed by atoms with Gasteiger partial charge in [0.2, 0.25) is 0 Å². The van der Waals surface area contributed by atoms with E-state index in [4.69, 9.17) is 0 Å². The van der Waals surface area contributed by atoms with E-state index in [1.165, 1.54) is 28.0 Å². The molecule has 0 amide bonds. The van der Waals surface area contributed by atoms with Gasteiger partial charge in [-0.1, -0.05) is 0 Å². The first-order chi connectivity index (χ1) is 10.7. The summed E-state index contributed by atoms with van der Waals surface area (Å²) in [7, 11) is 0. The maximum atomic E-state index is 13.1. The lowest BCUT2D eigenvalue weighted by molar-refractivity contribution is 0.628. The molecule has 0 radical (unpaired) electrons. The molecule has 0 saturated heterocycles. The number of nitrogens with zero attached hydrogens (tertiary/aromatic N) is 1. The minimum Gasteiger partial charge on any atom is -0.355 e. The lowest BCUT2D eigenvalue weighted by Crippen LogP contribution is -1.98. The van der Waals surface area contributed by atoms with Crippen LogP contribution in [0.15, 0.2) is 47.5 Å². The van der Waals surface area contributed by atoms with Gasteiger partial charge in [0.05, 0.1) is 11.2 Å². The summed E-state index contributed by atoms with van der Waals surface area (Å²) in [6, 6.07) is 10.7. The van der Waals surface area contributed by atoms with Crippen molar-refractivity contribution < 1.29 is 4.39 Å². The van der Waals surface area contributed by atoms with Gasteiger partial charge in [-0.15, -0.1) is 11.8 Å². The molecule has 0 atom stereocenters. The summed E-state index contributed by atoms with van der Waals surface area (Å²) in [6.45, 7) is 2.06. The average Bonchev–Trinajstić information content (AvgIpc) is 3.00.